The van der Waals surface area contributed by atoms with Crippen LogP contribution in [-0.2, 0) is 13.1 Å². The van der Waals surface area contributed by atoms with Crippen LogP contribution in [0, 0.1) is 3.57 Å². The number of nitrogens with two attached hydrogens (primary N) is 2. The van der Waals surface area contributed by atoms with Gasteiger partial charge in [0, 0.05) is 10.1 Å². The molecule has 0 aliphatic carbocycles. The predicted molar refractivity (Wildman–Crippen MR) is 122 cm³/mol. The van der Waals surface area contributed by atoms with Crippen molar-refractivity contribution >= 4 is 47.3 Å². The minimum absolute atomic E-state index is 0. The van der Waals surface area contributed by atoms with Crippen LogP contribution in [0.3, 0.4) is 0 Å². The van der Waals surface area contributed by atoms with Gasteiger partial charge in [0.25, 0.3) is 0 Å². The van der Waals surface area contributed by atoms with Crippen LogP contribution >= 0.6 is 22.6 Å². The second-order valence-corrected chi connectivity index (χ2v) is 8.31. The summed E-state index contributed by atoms with van der Waals surface area (Å²) in [7, 11) is 0. The summed E-state index contributed by atoms with van der Waals surface area (Å²) in [6, 6.07) is 16.8. The Morgan fingerprint density at radius 1 is 0.833 bits per heavy atom. The van der Waals surface area contributed by atoms with E-state index in [0.717, 1.165) is 0 Å². The van der Waals surface area contributed by atoms with Crippen LogP contribution in [0.4, 0.5) is 4.70 Å². The van der Waals surface area contributed by atoms with Gasteiger partial charge in [-0.05, 0) is 40.3 Å². The zero-order valence-corrected chi connectivity index (χ0v) is 16.5. The fourth-order valence-corrected chi connectivity index (χ4v) is 3.82. The van der Waals surface area contributed by atoms with E-state index in [-0.39, 0.29) is 55.6 Å². The molecular weight excluding hydrogens is 521 g/mol. The van der Waals surface area contributed by atoms with Gasteiger partial charge in [0.1, 0.15) is 0 Å². The van der Waals surface area contributed by atoms with Gasteiger partial charge in [-0.3, -0.25) is 4.70 Å². The molecule has 140 valence electrons. The van der Waals surface area contributed by atoms with Crippen LogP contribution in [0.1, 0.15) is 40.8 Å². The summed E-state index contributed by atoms with van der Waals surface area (Å²) >= 11 is 2.03. The van der Waals surface area contributed by atoms with Crippen molar-refractivity contribution in [3.8, 4) is 0 Å². The van der Waals surface area contributed by atoms with Crippen LogP contribution in [0.5, 0.6) is 0 Å². The topological polar surface area (TPSA) is 52.0 Å². The molecule has 0 aromatic heterocycles. The second-order valence-electron chi connectivity index (χ2n) is 3.99. The first kappa shape index (κ1) is 35.0. The molecule has 0 aliphatic heterocycles. The van der Waals surface area contributed by atoms with Crippen molar-refractivity contribution in [2.24, 2.45) is 11.5 Å². The first-order valence-electron chi connectivity index (χ1n) is 6.11. The van der Waals surface area contributed by atoms with E-state index >= 15 is 0 Å². The van der Waals surface area contributed by atoms with E-state index in [4.69, 9.17) is 11.5 Å². The van der Waals surface area contributed by atoms with Gasteiger partial charge in [0.2, 0.25) is 0 Å². The van der Waals surface area contributed by atoms with Crippen LogP contribution in [0.15, 0.2) is 48.5 Å². The van der Waals surface area contributed by atoms with E-state index in [9.17, 15) is 0 Å². The fourth-order valence-electron chi connectivity index (χ4n) is 1.52. The quantitative estimate of drug-likeness (QED) is 0.414. The van der Waals surface area contributed by atoms with Crippen molar-refractivity contribution < 1.29 is 4.70 Å². The molecule has 0 saturated heterocycles. The molecule has 0 saturated carbocycles. The van der Waals surface area contributed by atoms with Crippen molar-refractivity contribution in [3.05, 3.63) is 63.2 Å². The summed E-state index contributed by atoms with van der Waals surface area (Å²) in [5.74, 6) is 0. The molecule has 2 aromatic carbocycles. The molecule has 0 heterocycles. The zero-order valence-electron chi connectivity index (χ0n) is 11.5. The first-order valence-corrected chi connectivity index (χ1v) is 11.5. The van der Waals surface area contributed by atoms with E-state index in [1.54, 1.807) is 0 Å². The van der Waals surface area contributed by atoms with Gasteiger partial charge in [-0.15, -0.1) is 0 Å². The van der Waals surface area contributed by atoms with Gasteiger partial charge >= 0.3 is 71.8 Å². The molecule has 2 aromatic rings. The molecule has 5 heteroatoms. The third-order valence-corrected chi connectivity index (χ3v) is 5.78. The first-order chi connectivity index (χ1) is 9.19. The van der Waals surface area contributed by atoms with Crippen LogP contribution in [0.25, 0.3) is 0 Å². The Kier molecular flexibility index (Phi) is 30.4. The summed E-state index contributed by atoms with van der Waals surface area (Å²) in [5, 5.41) is 0. The van der Waals surface area contributed by atoms with E-state index in [2.05, 4.69) is 63.9 Å². The molecule has 0 fully saturated rings. The Labute approximate surface area is 173 Å². The predicted octanol–water partition coefficient (Wildman–Crippen LogP) is 4.97. The summed E-state index contributed by atoms with van der Waals surface area (Å²) in [4.78, 5) is 2.32. The number of hydrogen-bond donors (Lipinski definition) is 2. The molecule has 0 spiro atoms. The van der Waals surface area contributed by atoms with Gasteiger partial charge in [-0.25, -0.2) is 0 Å². The molecule has 2 radical (unpaired) electrons. The van der Waals surface area contributed by atoms with Crippen molar-refractivity contribution in [2.45, 2.75) is 47.7 Å². The molecule has 0 atom stereocenters. The Balaban J connectivity index is -0.0000000832. The molecule has 0 unspecified atom stereocenters. The average molecular weight is 557 g/mol. The molecule has 0 bridgehead atoms. The molecule has 4 N–H and O–H groups in total. The van der Waals surface area contributed by atoms with Crippen molar-refractivity contribution in [1.29, 1.82) is 0 Å². The van der Waals surface area contributed by atoms with Crippen molar-refractivity contribution in [2.75, 3.05) is 0 Å². The second kappa shape index (κ2) is 20.9. The van der Waals surface area contributed by atoms with Crippen LogP contribution in [-0.4, -0.2) is 21.1 Å². The molecule has 0 amide bonds. The van der Waals surface area contributed by atoms with Crippen molar-refractivity contribution in [3.63, 3.8) is 0 Å². The molecule has 0 aliphatic rings. The normalized spacial score (nSPS) is 7.67. The standard InChI is InChI=1S/C7H8IN.C7H8N.4CH4.CH3.FH.Sn/c8-7-3-1-2-6(4-7)5-9;8-6-7-4-2-1-3-5-7;;;;;;;/h1-4H,5,9H2;1-2,4-5H,6,8H2;4*1H4;1H3;1H;. The number of benzene rings is 2. The summed E-state index contributed by atoms with van der Waals surface area (Å²) < 4.78 is 2.78. The van der Waals surface area contributed by atoms with Gasteiger partial charge in [0.05, 0.1) is 0 Å². The van der Waals surface area contributed by atoms with E-state index in [1.165, 1.54) is 18.3 Å². The third-order valence-electron chi connectivity index (χ3n) is 2.58. The Morgan fingerprint density at radius 2 is 1.29 bits per heavy atom. The fraction of sp³-hybridized carbons (Fsp3) is 0.368. The van der Waals surface area contributed by atoms with Gasteiger partial charge in [-0.2, -0.15) is 0 Å². The van der Waals surface area contributed by atoms with E-state index in [1.807, 2.05) is 12.1 Å². The molecular formula is C19H36FIN2Sn. The maximum atomic E-state index is 5.49. The minimum atomic E-state index is -0.238. The summed E-state index contributed by atoms with van der Waals surface area (Å²) in [5.41, 5.74) is 13.4. The zero-order chi connectivity index (χ0) is 14.1. The van der Waals surface area contributed by atoms with E-state index in [0.29, 0.717) is 13.1 Å². The Morgan fingerprint density at radius 3 is 1.67 bits per heavy atom. The Hall–Kier alpha value is -0.181. The molecule has 24 heavy (non-hydrogen) atoms. The van der Waals surface area contributed by atoms with Gasteiger partial charge in [0.15, 0.2) is 0 Å². The van der Waals surface area contributed by atoms with Crippen LogP contribution in [0.2, 0.25) is 4.94 Å². The van der Waals surface area contributed by atoms with Gasteiger partial charge in [-0.1, -0.05) is 41.8 Å². The number of hydrogen-bond acceptors (Lipinski definition) is 2. The van der Waals surface area contributed by atoms with Gasteiger partial charge < -0.3 is 5.73 Å². The summed E-state index contributed by atoms with van der Waals surface area (Å²) in [6.07, 6.45) is 0. The Bertz CT molecular complexity index is 491. The van der Waals surface area contributed by atoms with E-state index < -0.39 is 0 Å². The SMILES string of the molecule is C.C.C.C.F.NCc1cccc(I)c1.[CH3][Sn][c]1cccc(CN)c1. The number of rotatable bonds is 3. The van der Waals surface area contributed by atoms with Crippen LogP contribution < -0.4 is 15.0 Å². The van der Waals surface area contributed by atoms with Crippen molar-refractivity contribution in [1.82, 2.24) is 0 Å². The molecule has 2 nitrogen and oxygen atoms in total. The monoisotopic (exact) mass is 558 g/mol. The third kappa shape index (κ3) is 14.2. The average Bonchev–Trinajstić information content (AvgIpc) is 2.48. The number of halogens is 2. The summed E-state index contributed by atoms with van der Waals surface area (Å²) in [6.45, 7) is 1.31. The maximum absolute atomic E-state index is 5.49. The molecule has 2 rings (SSSR count).